The van der Waals surface area contributed by atoms with E-state index in [1.807, 2.05) is 33.8 Å². The van der Waals surface area contributed by atoms with E-state index in [1.165, 1.54) is 0 Å². The fourth-order valence-corrected chi connectivity index (χ4v) is 1.48. The lowest BCUT2D eigenvalue weighted by Crippen LogP contribution is -2.25. The van der Waals surface area contributed by atoms with E-state index in [9.17, 15) is 4.79 Å². The van der Waals surface area contributed by atoms with Crippen LogP contribution < -0.4 is 0 Å². The van der Waals surface area contributed by atoms with E-state index in [2.05, 4.69) is 4.98 Å². The normalized spacial score (nSPS) is 11.3. The fraction of sp³-hybridized carbons (Fsp3) is 0.500. The SMILES string of the molecule is Cc1ccc(CC(=O)OC(C)(C)C)c(Cl)n1. The third-order valence-electron chi connectivity index (χ3n) is 1.82. The van der Waals surface area contributed by atoms with Crippen LogP contribution in [0.5, 0.6) is 0 Å². The van der Waals surface area contributed by atoms with Crippen LogP contribution in [0.3, 0.4) is 0 Å². The summed E-state index contributed by atoms with van der Waals surface area (Å²) in [6.45, 7) is 7.35. The summed E-state index contributed by atoms with van der Waals surface area (Å²) in [6, 6.07) is 3.63. The number of pyridine rings is 1. The molecular weight excluding hydrogens is 226 g/mol. The van der Waals surface area contributed by atoms with Crippen molar-refractivity contribution in [3.63, 3.8) is 0 Å². The lowest BCUT2D eigenvalue weighted by Gasteiger charge is -2.19. The van der Waals surface area contributed by atoms with Crippen LogP contribution in [0.1, 0.15) is 32.0 Å². The summed E-state index contributed by atoms with van der Waals surface area (Å²) in [7, 11) is 0. The zero-order valence-corrected chi connectivity index (χ0v) is 10.8. The van der Waals surface area contributed by atoms with E-state index >= 15 is 0 Å². The van der Waals surface area contributed by atoms with Crippen LogP contribution in [-0.4, -0.2) is 16.6 Å². The van der Waals surface area contributed by atoms with Gasteiger partial charge in [-0.15, -0.1) is 0 Å². The van der Waals surface area contributed by atoms with E-state index in [1.54, 1.807) is 6.07 Å². The molecule has 0 atom stereocenters. The number of aromatic nitrogens is 1. The van der Waals surface area contributed by atoms with Crippen molar-refractivity contribution in [2.45, 2.75) is 39.7 Å². The first-order valence-electron chi connectivity index (χ1n) is 5.12. The largest absolute Gasteiger partial charge is 0.460 e. The molecule has 1 aromatic rings. The Morgan fingerprint density at radius 1 is 1.44 bits per heavy atom. The molecule has 3 nitrogen and oxygen atoms in total. The summed E-state index contributed by atoms with van der Waals surface area (Å²) in [5, 5.41) is 0.367. The topological polar surface area (TPSA) is 39.2 Å². The minimum atomic E-state index is -0.471. The molecule has 0 radical (unpaired) electrons. The molecule has 16 heavy (non-hydrogen) atoms. The zero-order valence-electron chi connectivity index (χ0n) is 10.0. The van der Waals surface area contributed by atoms with E-state index < -0.39 is 5.60 Å². The fourth-order valence-electron chi connectivity index (χ4n) is 1.22. The van der Waals surface area contributed by atoms with Gasteiger partial charge < -0.3 is 4.74 Å². The van der Waals surface area contributed by atoms with Gasteiger partial charge in [-0.05, 0) is 33.8 Å². The second kappa shape index (κ2) is 4.83. The molecule has 1 heterocycles. The van der Waals surface area contributed by atoms with E-state index in [4.69, 9.17) is 16.3 Å². The Kier molecular flexibility index (Phi) is 3.92. The van der Waals surface area contributed by atoms with Crippen LogP contribution >= 0.6 is 11.6 Å². The van der Waals surface area contributed by atoms with Crippen molar-refractivity contribution < 1.29 is 9.53 Å². The maximum Gasteiger partial charge on any atom is 0.310 e. The van der Waals surface area contributed by atoms with E-state index in [-0.39, 0.29) is 12.4 Å². The molecule has 4 heteroatoms. The third-order valence-corrected chi connectivity index (χ3v) is 2.15. The molecular formula is C12H16ClNO2. The molecule has 0 saturated carbocycles. The summed E-state index contributed by atoms with van der Waals surface area (Å²) in [4.78, 5) is 15.6. The smallest absolute Gasteiger partial charge is 0.310 e. The second-order valence-corrected chi connectivity index (χ2v) is 5.02. The average Bonchev–Trinajstić information content (AvgIpc) is 2.06. The molecule has 0 unspecified atom stereocenters. The van der Waals surface area contributed by atoms with Gasteiger partial charge in [0, 0.05) is 11.3 Å². The van der Waals surface area contributed by atoms with Gasteiger partial charge in [0.25, 0.3) is 0 Å². The van der Waals surface area contributed by atoms with Crippen molar-refractivity contribution >= 4 is 17.6 Å². The molecule has 0 saturated heterocycles. The summed E-state index contributed by atoms with van der Waals surface area (Å²) < 4.78 is 5.20. The highest BCUT2D eigenvalue weighted by atomic mass is 35.5. The zero-order chi connectivity index (χ0) is 12.3. The van der Waals surface area contributed by atoms with Gasteiger partial charge in [0.2, 0.25) is 0 Å². The lowest BCUT2D eigenvalue weighted by molar-refractivity contribution is -0.153. The van der Waals surface area contributed by atoms with Crippen LogP contribution in [0.25, 0.3) is 0 Å². The maximum absolute atomic E-state index is 11.6. The Hall–Kier alpha value is -1.09. The maximum atomic E-state index is 11.6. The predicted molar refractivity (Wildman–Crippen MR) is 63.5 cm³/mol. The number of aryl methyl sites for hydroxylation is 1. The minimum absolute atomic E-state index is 0.156. The summed E-state index contributed by atoms with van der Waals surface area (Å²) in [6.07, 6.45) is 0.156. The number of hydrogen-bond donors (Lipinski definition) is 0. The number of rotatable bonds is 2. The van der Waals surface area contributed by atoms with Gasteiger partial charge in [-0.1, -0.05) is 17.7 Å². The molecule has 88 valence electrons. The number of ether oxygens (including phenoxy) is 1. The minimum Gasteiger partial charge on any atom is -0.460 e. The van der Waals surface area contributed by atoms with Gasteiger partial charge in [0.1, 0.15) is 10.8 Å². The Bertz CT molecular complexity index is 396. The Balaban J connectivity index is 2.70. The first-order chi connectivity index (χ1) is 7.28. The van der Waals surface area contributed by atoms with Gasteiger partial charge in [0.05, 0.1) is 6.42 Å². The lowest BCUT2D eigenvalue weighted by atomic mass is 10.1. The number of nitrogens with zero attached hydrogens (tertiary/aromatic N) is 1. The number of hydrogen-bond acceptors (Lipinski definition) is 3. The number of carbonyl (C=O) groups excluding carboxylic acids is 1. The summed E-state index contributed by atoms with van der Waals surface area (Å²) >= 11 is 5.93. The number of halogens is 1. The average molecular weight is 242 g/mol. The highest BCUT2D eigenvalue weighted by Gasteiger charge is 2.17. The molecule has 0 spiro atoms. The van der Waals surface area contributed by atoms with Crippen LogP contribution in [-0.2, 0) is 16.0 Å². The first kappa shape index (κ1) is 13.0. The predicted octanol–water partition coefficient (Wildman–Crippen LogP) is 2.93. The Morgan fingerprint density at radius 3 is 2.56 bits per heavy atom. The molecule has 0 N–H and O–H groups in total. The molecule has 0 aliphatic carbocycles. The summed E-state index contributed by atoms with van der Waals surface area (Å²) in [5.74, 6) is -0.292. The van der Waals surface area contributed by atoms with Crippen molar-refractivity contribution in [2.24, 2.45) is 0 Å². The molecule has 0 bridgehead atoms. The molecule has 0 aliphatic heterocycles. The van der Waals surface area contributed by atoms with E-state index in [0.29, 0.717) is 10.7 Å². The highest BCUT2D eigenvalue weighted by molar-refractivity contribution is 6.30. The van der Waals surface area contributed by atoms with Crippen molar-refractivity contribution in [1.29, 1.82) is 0 Å². The van der Waals surface area contributed by atoms with Crippen molar-refractivity contribution in [1.82, 2.24) is 4.98 Å². The van der Waals surface area contributed by atoms with Gasteiger partial charge in [-0.2, -0.15) is 0 Å². The van der Waals surface area contributed by atoms with Crippen molar-refractivity contribution in [3.05, 3.63) is 28.5 Å². The van der Waals surface area contributed by atoms with Gasteiger partial charge >= 0.3 is 5.97 Å². The number of esters is 1. The third kappa shape index (κ3) is 4.19. The molecule has 1 rings (SSSR count). The van der Waals surface area contributed by atoms with Crippen LogP contribution in [0.4, 0.5) is 0 Å². The second-order valence-electron chi connectivity index (χ2n) is 4.67. The molecule has 0 fully saturated rings. The first-order valence-corrected chi connectivity index (χ1v) is 5.49. The molecule has 0 aliphatic rings. The highest BCUT2D eigenvalue weighted by Crippen LogP contribution is 2.16. The van der Waals surface area contributed by atoms with Crippen molar-refractivity contribution in [3.8, 4) is 0 Å². The monoisotopic (exact) mass is 241 g/mol. The van der Waals surface area contributed by atoms with Gasteiger partial charge in [-0.3, -0.25) is 4.79 Å². The quantitative estimate of drug-likeness (QED) is 0.590. The van der Waals surface area contributed by atoms with Gasteiger partial charge in [-0.25, -0.2) is 4.98 Å². The van der Waals surface area contributed by atoms with Crippen molar-refractivity contribution in [2.75, 3.05) is 0 Å². The molecule has 1 aromatic heterocycles. The Labute approximate surface area is 101 Å². The van der Waals surface area contributed by atoms with E-state index in [0.717, 1.165) is 5.69 Å². The standard InChI is InChI=1S/C12H16ClNO2/c1-8-5-6-9(11(13)14-8)7-10(15)16-12(2,3)4/h5-6H,7H2,1-4H3. The Morgan fingerprint density at radius 2 is 2.06 bits per heavy atom. The van der Waals surface area contributed by atoms with Crippen LogP contribution in [0.2, 0.25) is 5.15 Å². The summed E-state index contributed by atoms with van der Waals surface area (Å²) in [5.41, 5.74) is 1.06. The number of carbonyl (C=O) groups is 1. The molecule has 0 amide bonds. The van der Waals surface area contributed by atoms with Crippen LogP contribution in [0, 0.1) is 6.92 Å². The van der Waals surface area contributed by atoms with Gasteiger partial charge in [0.15, 0.2) is 0 Å². The molecule has 0 aromatic carbocycles. The van der Waals surface area contributed by atoms with Crippen LogP contribution in [0.15, 0.2) is 12.1 Å².